The molecule has 112 valence electrons. The van der Waals surface area contributed by atoms with Gasteiger partial charge in [0.25, 0.3) is 0 Å². The fraction of sp³-hybridized carbons (Fsp3) is 0.500. The second-order valence-electron chi connectivity index (χ2n) is 4.54. The summed E-state index contributed by atoms with van der Waals surface area (Å²) in [5.41, 5.74) is 0. The summed E-state index contributed by atoms with van der Waals surface area (Å²) in [6.07, 6.45) is -1.39. The van der Waals surface area contributed by atoms with E-state index in [0.29, 0.717) is 0 Å². The van der Waals surface area contributed by atoms with E-state index in [-0.39, 0.29) is 23.6 Å². The zero-order chi connectivity index (χ0) is 14.9. The Morgan fingerprint density at radius 3 is 2.75 bits per heavy atom. The molecule has 1 aromatic carbocycles. The van der Waals surface area contributed by atoms with Gasteiger partial charge in [-0.2, -0.15) is 4.31 Å². The Morgan fingerprint density at radius 2 is 2.20 bits per heavy atom. The highest BCUT2D eigenvalue weighted by Crippen LogP contribution is 2.29. The van der Waals surface area contributed by atoms with Gasteiger partial charge < -0.3 is 9.84 Å². The van der Waals surface area contributed by atoms with Crippen molar-refractivity contribution in [3.05, 3.63) is 24.0 Å². The highest BCUT2D eigenvalue weighted by Gasteiger charge is 2.40. The van der Waals surface area contributed by atoms with Crippen LogP contribution in [0.25, 0.3) is 0 Å². The van der Waals surface area contributed by atoms with Crippen LogP contribution in [0.4, 0.5) is 8.78 Å². The number of rotatable bonds is 4. The lowest BCUT2D eigenvalue weighted by Gasteiger charge is -2.22. The van der Waals surface area contributed by atoms with Crippen molar-refractivity contribution in [2.24, 2.45) is 0 Å². The van der Waals surface area contributed by atoms with Crippen molar-refractivity contribution >= 4 is 10.0 Å². The van der Waals surface area contributed by atoms with Gasteiger partial charge in [0.15, 0.2) is 11.6 Å². The summed E-state index contributed by atoms with van der Waals surface area (Å²) in [5, 5.41) is 9.13. The molecule has 0 saturated carbocycles. The highest BCUT2D eigenvalue weighted by molar-refractivity contribution is 7.89. The van der Waals surface area contributed by atoms with E-state index in [2.05, 4.69) is 0 Å². The van der Waals surface area contributed by atoms with Gasteiger partial charge in [0.1, 0.15) is 6.17 Å². The lowest BCUT2D eigenvalue weighted by Crippen LogP contribution is -2.37. The van der Waals surface area contributed by atoms with Crippen LogP contribution in [0.3, 0.4) is 0 Å². The maximum Gasteiger partial charge on any atom is 0.243 e. The van der Waals surface area contributed by atoms with E-state index in [1.807, 2.05) is 0 Å². The smallest absolute Gasteiger partial charge is 0.243 e. The first-order valence-electron chi connectivity index (χ1n) is 6.00. The number of hydrogen-bond donors (Lipinski definition) is 1. The van der Waals surface area contributed by atoms with Gasteiger partial charge in [-0.25, -0.2) is 17.2 Å². The fourth-order valence-electron chi connectivity index (χ4n) is 2.23. The minimum absolute atomic E-state index is 0.0611. The van der Waals surface area contributed by atoms with Crippen molar-refractivity contribution in [2.75, 3.05) is 20.3 Å². The van der Waals surface area contributed by atoms with Crippen LogP contribution in [-0.2, 0) is 10.0 Å². The molecular weight excluding hydrogens is 292 g/mol. The summed E-state index contributed by atoms with van der Waals surface area (Å²) in [4.78, 5) is -0.289. The first-order chi connectivity index (χ1) is 9.40. The average Bonchev–Trinajstić information content (AvgIpc) is 2.80. The van der Waals surface area contributed by atoms with Crippen LogP contribution < -0.4 is 4.74 Å². The molecule has 5 nitrogen and oxygen atoms in total. The predicted octanol–water partition coefficient (Wildman–Crippen LogP) is 0.928. The molecule has 1 aliphatic heterocycles. The summed E-state index contributed by atoms with van der Waals surface area (Å²) in [5.74, 6) is -0.891. The first kappa shape index (κ1) is 15.1. The molecule has 0 radical (unpaired) electrons. The minimum atomic E-state index is -4.04. The monoisotopic (exact) mass is 307 g/mol. The van der Waals surface area contributed by atoms with Gasteiger partial charge in [-0.05, 0) is 24.6 Å². The molecule has 2 atom stereocenters. The second kappa shape index (κ2) is 5.63. The summed E-state index contributed by atoms with van der Waals surface area (Å²) in [7, 11) is -2.78. The standard InChI is InChI=1S/C12H15F2NO4S/c1-19-12-3-2-10(5-11(12)14)20(17,18)15-6-8(13)4-9(15)7-16/h2-3,5,8-9,16H,4,6-7H2,1H3/t8-,9-/m0/s1. The maximum atomic E-state index is 13.6. The van der Waals surface area contributed by atoms with Crippen molar-refractivity contribution in [3.63, 3.8) is 0 Å². The van der Waals surface area contributed by atoms with E-state index >= 15 is 0 Å². The number of benzene rings is 1. The van der Waals surface area contributed by atoms with Crippen molar-refractivity contribution < 1.29 is 27.0 Å². The minimum Gasteiger partial charge on any atom is -0.494 e. The molecule has 0 aliphatic carbocycles. The van der Waals surface area contributed by atoms with Gasteiger partial charge >= 0.3 is 0 Å². The van der Waals surface area contributed by atoms with Crippen molar-refractivity contribution in [2.45, 2.75) is 23.5 Å². The quantitative estimate of drug-likeness (QED) is 0.898. The van der Waals surface area contributed by atoms with E-state index in [1.165, 1.54) is 19.2 Å². The van der Waals surface area contributed by atoms with Gasteiger partial charge in [-0.3, -0.25) is 0 Å². The highest BCUT2D eigenvalue weighted by atomic mass is 32.2. The number of nitrogens with zero attached hydrogens (tertiary/aromatic N) is 1. The maximum absolute atomic E-state index is 13.6. The van der Waals surface area contributed by atoms with Crippen LogP contribution in [0.5, 0.6) is 5.75 Å². The van der Waals surface area contributed by atoms with Crippen LogP contribution >= 0.6 is 0 Å². The van der Waals surface area contributed by atoms with Crippen LogP contribution in [0.1, 0.15) is 6.42 Å². The molecular formula is C12H15F2NO4S. The van der Waals surface area contributed by atoms with Crippen LogP contribution in [0, 0.1) is 5.82 Å². The lowest BCUT2D eigenvalue weighted by atomic mass is 10.2. The molecule has 0 amide bonds. The Labute approximate surface area is 115 Å². The summed E-state index contributed by atoms with van der Waals surface area (Å²) >= 11 is 0. The van der Waals surface area contributed by atoms with Crippen LogP contribution in [0.15, 0.2) is 23.1 Å². The third-order valence-electron chi connectivity index (χ3n) is 3.25. The van der Waals surface area contributed by atoms with Gasteiger partial charge in [-0.15, -0.1) is 0 Å². The number of sulfonamides is 1. The molecule has 1 saturated heterocycles. The van der Waals surface area contributed by atoms with Gasteiger partial charge in [0.2, 0.25) is 10.0 Å². The predicted molar refractivity (Wildman–Crippen MR) is 67.2 cm³/mol. The molecule has 1 N–H and O–H groups in total. The number of halogens is 2. The van der Waals surface area contributed by atoms with E-state index in [0.717, 1.165) is 10.4 Å². The van der Waals surface area contributed by atoms with Crippen molar-refractivity contribution in [1.82, 2.24) is 4.31 Å². The normalized spacial score (nSPS) is 24.0. The average molecular weight is 307 g/mol. The van der Waals surface area contributed by atoms with Crippen LogP contribution in [-0.4, -0.2) is 50.3 Å². The van der Waals surface area contributed by atoms with Gasteiger partial charge in [0, 0.05) is 6.54 Å². The summed E-state index contributed by atoms with van der Waals surface area (Å²) in [6, 6.07) is 2.39. The lowest BCUT2D eigenvalue weighted by molar-refractivity contribution is 0.213. The van der Waals surface area contributed by atoms with Crippen LogP contribution in [0.2, 0.25) is 0 Å². The SMILES string of the molecule is COc1ccc(S(=O)(=O)N2C[C@@H](F)C[C@H]2CO)cc1F. The van der Waals surface area contributed by atoms with Crippen molar-refractivity contribution in [1.29, 1.82) is 0 Å². The number of ether oxygens (including phenoxy) is 1. The molecule has 0 unspecified atom stereocenters. The fourth-order valence-corrected chi connectivity index (χ4v) is 3.90. The van der Waals surface area contributed by atoms with E-state index in [1.54, 1.807) is 0 Å². The molecule has 1 aliphatic rings. The number of hydrogen-bond acceptors (Lipinski definition) is 4. The number of methoxy groups -OCH3 is 1. The first-order valence-corrected chi connectivity index (χ1v) is 7.44. The molecule has 0 spiro atoms. The molecule has 1 heterocycles. The Hall–Kier alpha value is -1.25. The second-order valence-corrected chi connectivity index (χ2v) is 6.43. The summed E-state index contributed by atoms with van der Waals surface area (Å²) < 4.78 is 57.2. The Morgan fingerprint density at radius 1 is 1.50 bits per heavy atom. The third-order valence-corrected chi connectivity index (χ3v) is 5.17. The van der Waals surface area contributed by atoms with Gasteiger partial charge in [-0.1, -0.05) is 0 Å². The zero-order valence-electron chi connectivity index (χ0n) is 10.8. The molecule has 1 fully saturated rings. The molecule has 1 aromatic rings. The largest absolute Gasteiger partial charge is 0.494 e. The Bertz CT molecular complexity index is 593. The Balaban J connectivity index is 2.37. The Kier molecular flexibility index (Phi) is 4.26. The molecule has 2 rings (SSSR count). The molecule has 0 aromatic heterocycles. The van der Waals surface area contributed by atoms with E-state index in [9.17, 15) is 17.2 Å². The molecule has 20 heavy (non-hydrogen) atoms. The molecule has 8 heteroatoms. The van der Waals surface area contributed by atoms with E-state index in [4.69, 9.17) is 9.84 Å². The third kappa shape index (κ3) is 2.63. The van der Waals surface area contributed by atoms with Crippen molar-refractivity contribution in [3.8, 4) is 5.75 Å². The van der Waals surface area contributed by atoms with E-state index < -0.39 is 34.7 Å². The van der Waals surface area contributed by atoms with Gasteiger partial charge in [0.05, 0.1) is 24.7 Å². The number of alkyl halides is 1. The zero-order valence-corrected chi connectivity index (χ0v) is 11.6. The molecule has 0 bridgehead atoms. The number of aliphatic hydroxyl groups excluding tert-OH is 1. The number of aliphatic hydroxyl groups is 1. The summed E-state index contributed by atoms with van der Waals surface area (Å²) in [6.45, 7) is -0.806. The topological polar surface area (TPSA) is 66.8 Å².